The van der Waals surface area contributed by atoms with E-state index < -0.39 is 17.6 Å². The van der Waals surface area contributed by atoms with Gasteiger partial charge in [0.1, 0.15) is 13.2 Å². The number of halogens is 3. The quantitative estimate of drug-likeness (QED) is 0.631. The predicted octanol–water partition coefficient (Wildman–Crippen LogP) is 3.77. The summed E-state index contributed by atoms with van der Waals surface area (Å²) in [5.41, 5.74) is 0.103. The SMILES string of the molecule is Cn1c(=NC(=O)c2ccc(C(F)(F)F)cc2)sc2cc3c(cc21)OCCO3. The number of aromatic nitrogens is 1. The van der Waals surface area contributed by atoms with Crippen molar-refractivity contribution in [2.24, 2.45) is 12.0 Å². The normalized spacial score (nSPS) is 14.6. The van der Waals surface area contributed by atoms with Crippen LogP contribution in [0.15, 0.2) is 41.4 Å². The lowest BCUT2D eigenvalue weighted by molar-refractivity contribution is -0.137. The third-order valence-electron chi connectivity index (χ3n) is 4.13. The molecule has 9 heteroatoms. The van der Waals surface area contributed by atoms with Gasteiger partial charge in [0.25, 0.3) is 5.91 Å². The zero-order chi connectivity index (χ0) is 19.2. The maximum absolute atomic E-state index is 12.6. The summed E-state index contributed by atoms with van der Waals surface area (Å²) < 4.78 is 51.6. The second-order valence-electron chi connectivity index (χ2n) is 5.90. The van der Waals surface area contributed by atoms with Crippen LogP contribution in [0.2, 0.25) is 0 Å². The standard InChI is InChI=1S/C18H13F3N2O3S/c1-23-12-8-13-14(26-7-6-25-13)9-15(12)27-17(23)22-16(24)10-2-4-11(5-3-10)18(19,20)21/h2-5,8-9H,6-7H2,1H3. The lowest BCUT2D eigenvalue weighted by atomic mass is 10.1. The van der Waals surface area contributed by atoms with Crippen LogP contribution in [0, 0.1) is 0 Å². The van der Waals surface area contributed by atoms with Gasteiger partial charge in [0.15, 0.2) is 16.3 Å². The largest absolute Gasteiger partial charge is 0.486 e. The molecule has 0 aliphatic carbocycles. The van der Waals surface area contributed by atoms with Crippen LogP contribution in [0.25, 0.3) is 10.2 Å². The number of rotatable bonds is 1. The molecule has 0 fully saturated rings. The molecule has 0 radical (unpaired) electrons. The summed E-state index contributed by atoms with van der Waals surface area (Å²) in [4.78, 5) is 16.8. The fraction of sp³-hybridized carbons (Fsp3) is 0.222. The summed E-state index contributed by atoms with van der Waals surface area (Å²) in [6.45, 7) is 0.940. The van der Waals surface area contributed by atoms with Gasteiger partial charge < -0.3 is 14.0 Å². The highest BCUT2D eigenvalue weighted by molar-refractivity contribution is 7.16. The molecule has 0 spiro atoms. The lowest BCUT2D eigenvalue weighted by Crippen LogP contribution is -2.15. The number of benzene rings is 2. The van der Waals surface area contributed by atoms with E-state index in [0.717, 1.165) is 34.5 Å². The molecule has 1 aromatic heterocycles. The first-order valence-electron chi connectivity index (χ1n) is 7.98. The molecule has 27 heavy (non-hydrogen) atoms. The Morgan fingerprint density at radius 2 is 1.74 bits per heavy atom. The number of ether oxygens (including phenoxy) is 2. The molecule has 0 atom stereocenters. The summed E-state index contributed by atoms with van der Waals surface area (Å²) in [7, 11) is 1.76. The minimum absolute atomic E-state index is 0.0893. The highest BCUT2D eigenvalue weighted by Crippen LogP contribution is 2.35. The number of nitrogens with zero attached hydrogens (tertiary/aromatic N) is 2. The number of alkyl halides is 3. The van der Waals surface area contributed by atoms with Crippen LogP contribution in [-0.2, 0) is 13.2 Å². The first-order chi connectivity index (χ1) is 12.8. The Labute approximate surface area is 155 Å². The van der Waals surface area contributed by atoms with Crippen LogP contribution in [0.4, 0.5) is 13.2 Å². The average molecular weight is 394 g/mol. The van der Waals surface area contributed by atoms with Crippen LogP contribution in [0.5, 0.6) is 11.5 Å². The van der Waals surface area contributed by atoms with E-state index in [2.05, 4.69) is 4.99 Å². The highest BCUT2D eigenvalue weighted by Gasteiger charge is 2.30. The molecule has 2 heterocycles. The van der Waals surface area contributed by atoms with Crippen LogP contribution < -0.4 is 14.3 Å². The van der Waals surface area contributed by atoms with Crippen LogP contribution >= 0.6 is 11.3 Å². The Morgan fingerprint density at radius 3 is 2.37 bits per heavy atom. The minimum Gasteiger partial charge on any atom is -0.486 e. The Morgan fingerprint density at radius 1 is 1.11 bits per heavy atom. The van der Waals surface area contributed by atoms with E-state index in [4.69, 9.17) is 9.47 Å². The van der Waals surface area contributed by atoms with Gasteiger partial charge in [0.2, 0.25) is 0 Å². The number of hydrogen-bond acceptors (Lipinski definition) is 4. The number of carbonyl (C=O) groups excluding carboxylic acids is 1. The molecular formula is C18H13F3N2O3S. The number of hydrogen-bond donors (Lipinski definition) is 0. The summed E-state index contributed by atoms with van der Waals surface area (Å²) in [6.07, 6.45) is -4.44. The predicted molar refractivity (Wildman–Crippen MR) is 93.1 cm³/mol. The van der Waals surface area contributed by atoms with Gasteiger partial charge in [0, 0.05) is 24.7 Å². The molecule has 1 amide bonds. The molecule has 140 valence electrons. The van der Waals surface area contributed by atoms with Crippen LogP contribution in [0.1, 0.15) is 15.9 Å². The van der Waals surface area contributed by atoms with Gasteiger partial charge in [-0.05, 0) is 24.3 Å². The van der Waals surface area contributed by atoms with Crippen molar-refractivity contribution in [2.45, 2.75) is 6.18 Å². The maximum atomic E-state index is 12.6. The van der Waals surface area contributed by atoms with Crippen LogP contribution in [0.3, 0.4) is 0 Å². The molecule has 0 saturated carbocycles. The number of thiazole rings is 1. The molecule has 4 rings (SSSR count). The number of carbonyl (C=O) groups is 1. The van der Waals surface area contributed by atoms with Gasteiger partial charge in [-0.3, -0.25) is 4.79 Å². The monoisotopic (exact) mass is 394 g/mol. The van der Waals surface area contributed by atoms with Crippen molar-refractivity contribution in [3.63, 3.8) is 0 Å². The maximum Gasteiger partial charge on any atom is 0.416 e. The molecule has 3 aromatic rings. The van der Waals surface area contributed by atoms with Gasteiger partial charge in [-0.2, -0.15) is 18.2 Å². The molecule has 0 N–H and O–H groups in total. The number of aryl methyl sites for hydroxylation is 1. The van der Waals surface area contributed by atoms with E-state index in [1.807, 2.05) is 12.1 Å². The van der Waals surface area contributed by atoms with E-state index in [1.54, 1.807) is 11.6 Å². The Hall–Kier alpha value is -2.81. The zero-order valence-corrected chi connectivity index (χ0v) is 14.9. The highest BCUT2D eigenvalue weighted by atomic mass is 32.1. The van der Waals surface area contributed by atoms with Gasteiger partial charge in [-0.1, -0.05) is 11.3 Å². The minimum atomic E-state index is -4.44. The van der Waals surface area contributed by atoms with Crippen molar-refractivity contribution in [3.05, 3.63) is 52.3 Å². The Bertz CT molecular complexity index is 1100. The fourth-order valence-electron chi connectivity index (χ4n) is 2.72. The van der Waals surface area contributed by atoms with Crippen molar-refractivity contribution in [1.82, 2.24) is 4.57 Å². The summed E-state index contributed by atoms with van der Waals surface area (Å²) in [5, 5.41) is 0. The first-order valence-corrected chi connectivity index (χ1v) is 8.80. The molecule has 1 aliphatic heterocycles. The summed E-state index contributed by atoms with van der Waals surface area (Å²) in [6, 6.07) is 7.65. The summed E-state index contributed by atoms with van der Waals surface area (Å²) >= 11 is 1.29. The van der Waals surface area contributed by atoms with Crippen molar-refractivity contribution < 1.29 is 27.4 Å². The Balaban J connectivity index is 1.71. The lowest BCUT2D eigenvalue weighted by Gasteiger charge is -2.18. The molecule has 1 aliphatic rings. The Kier molecular flexibility index (Phi) is 4.18. The van der Waals surface area contributed by atoms with Gasteiger partial charge >= 0.3 is 6.18 Å². The average Bonchev–Trinajstić information content (AvgIpc) is 2.94. The smallest absolute Gasteiger partial charge is 0.416 e. The number of fused-ring (bicyclic) bond motifs is 2. The van der Waals surface area contributed by atoms with Crippen molar-refractivity contribution in [3.8, 4) is 11.5 Å². The summed E-state index contributed by atoms with van der Waals surface area (Å²) in [5.74, 6) is 0.655. The van der Waals surface area contributed by atoms with E-state index in [-0.39, 0.29) is 5.56 Å². The van der Waals surface area contributed by atoms with Gasteiger partial charge in [-0.15, -0.1) is 0 Å². The van der Waals surface area contributed by atoms with Crippen LogP contribution in [-0.4, -0.2) is 23.7 Å². The van der Waals surface area contributed by atoms with Crippen molar-refractivity contribution >= 4 is 27.5 Å². The molecule has 0 saturated heterocycles. The zero-order valence-electron chi connectivity index (χ0n) is 14.0. The van der Waals surface area contributed by atoms with E-state index in [1.165, 1.54) is 11.3 Å². The molecule has 0 bridgehead atoms. The molecule has 2 aromatic carbocycles. The number of amides is 1. The third kappa shape index (κ3) is 3.30. The first kappa shape index (κ1) is 17.6. The van der Waals surface area contributed by atoms with Crippen molar-refractivity contribution in [1.29, 1.82) is 0 Å². The second-order valence-corrected chi connectivity index (χ2v) is 6.91. The van der Waals surface area contributed by atoms with Gasteiger partial charge in [-0.25, -0.2) is 0 Å². The second kappa shape index (κ2) is 6.41. The van der Waals surface area contributed by atoms with E-state index >= 15 is 0 Å². The topological polar surface area (TPSA) is 52.8 Å². The fourth-order valence-corrected chi connectivity index (χ4v) is 3.75. The third-order valence-corrected chi connectivity index (χ3v) is 5.22. The molecule has 5 nitrogen and oxygen atoms in total. The van der Waals surface area contributed by atoms with Crippen molar-refractivity contribution in [2.75, 3.05) is 13.2 Å². The van der Waals surface area contributed by atoms with Gasteiger partial charge in [0.05, 0.1) is 15.8 Å². The molecule has 0 unspecified atom stereocenters. The van der Waals surface area contributed by atoms with E-state index in [9.17, 15) is 18.0 Å². The van der Waals surface area contributed by atoms with E-state index in [0.29, 0.717) is 29.5 Å². The molecular weight excluding hydrogens is 381 g/mol.